The quantitative estimate of drug-likeness (QED) is 0.263. The van der Waals surface area contributed by atoms with E-state index in [1.54, 1.807) is 5.57 Å². The van der Waals surface area contributed by atoms with Gasteiger partial charge in [0.2, 0.25) is 0 Å². The zero-order valence-electron chi connectivity index (χ0n) is 26.2. The Morgan fingerprint density at radius 2 is 1.29 bits per heavy atom. The fourth-order valence-electron chi connectivity index (χ4n) is 4.60. The van der Waals surface area contributed by atoms with E-state index in [1.807, 2.05) is 20.8 Å². The molecule has 0 saturated heterocycles. The average molecular weight is 508 g/mol. The van der Waals surface area contributed by atoms with Gasteiger partial charge in [-0.25, -0.2) is 0 Å². The number of allylic oxidation sites excluding steroid dienone is 2. The van der Waals surface area contributed by atoms with Crippen LogP contribution in [-0.4, -0.2) is 22.7 Å². The summed E-state index contributed by atoms with van der Waals surface area (Å²) in [6.45, 7) is 22.3. The molecule has 2 rings (SSSR count). The minimum Gasteiger partial charge on any atom is -0.412 e. The van der Waals surface area contributed by atoms with Gasteiger partial charge in [0.1, 0.15) is 0 Å². The van der Waals surface area contributed by atoms with Crippen LogP contribution in [0.5, 0.6) is 0 Å². The van der Waals surface area contributed by atoms with Crippen molar-refractivity contribution in [2.45, 2.75) is 166 Å². The summed E-state index contributed by atoms with van der Waals surface area (Å²) < 4.78 is 0. The van der Waals surface area contributed by atoms with E-state index in [2.05, 4.69) is 54.5 Å². The van der Waals surface area contributed by atoms with Gasteiger partial charge in [-0.3, -0.25) is 0 Å². The summed E-state index contributed by atoms with van der Waals surface area (Å²) in [5.41, 5.74) is 2.24. The van der Waals surface area contributed by atoms with Gasteiger partial charge in [0.25, 0.3) is 0 Å². The average Bonchev–Trinajstić information content (AvgIpc) is 2.80. The number of aliphatic hydroxyl groups is 1. The Labute approximate surface area is 223 Å². The molecule has 220 valence electrons. The molecule has 0 heterocycles. The third-order valence-electron chi connectivity index (χ3n) is 6.52. The first-order valence-electron chi connectivity index (χ1n) is 14.6. The summed E-state index contributed by atoms with van der Waals surface area (Å²) in [6.07, 6.45) is 23.2. The topological polar surface area (TPSA) is 118 Å². The Kier molecular flexibility index (Phi) is 48.7. The number of hydrogen-bond acceptors (Lipinski definition) is 2. The lowest BCUT2D eigenvalue weighted by Crippen LogP contribution is -2.34. The van der Waals surface area contributed by atoms with Gasteiger partial charge in [-0.2, -0.15) is 0 Å². The number of hydrogen-bond donors (Lipinski definition) is 2. The van der Waals surface area contributed by atoms with Crippen LogP contribution >= 0.6 is 0 Å². The van der Waals surface area contributed by atoms with Crippen molar-refractivity contribution in [3.05, 3.63) is 11.6 Å². The summed E-state index contributed by atoms with van der Waals surface area (Å²) in [4.78, 5) is 0. The van der Waals surface area contributed by atoms with Crippen molar-refractivity contribution in [2.75, 3.05) is 6.61 Å². The molecule has 2 unspecified atom stereocenters. The number of rotatable bonds is 7. The molecule has 35 heavy (non-hydrogen) atoms. The van der Waals surface area contributed by atoms with Crippen LogP contribution in [-0.2, 0) is 0 Å². The maximum atomic E-state index is 7.88. The van der Waals surface area contributed by atoms with Gasteiger partial charge in [-0.1, -0.05) is 132 Å². The normalized spacial score (nSPS) is 19.2. The van der Waals surface area contributed by atoms with Gasteiger partial charge in [0.05, 0.1) is 0 Å². The third kappa shape index (κ3) is 29.7. The first kappa shape index (κ1) is 47.7. The minimum absolute atomic E-state index is 0. The van der Waals surface area contributed by atoms with Crippen LogP contribution in [0.4, 0.5) is 0 Å². The second kappa shape index (κ2) is 35.7. The number of unbranched alkanes of at least 4 members (excludes halogenated alkanes) is 5. The van der Waals surface area contributed by atoms with Crippen LogP contribution in [0.3, 0.4) is 0 Å². The molecule has 4 nitrogen and oxygen atoms in total. The molecular formula is C31H73NO3. The van der Waals surface area contributed by atoms with Crippen molar-refractivity contribution < 1.29 is 16.1 Å². The molecule has 4 heteroatoms. The summed E-state index contributed by atoms with van der Waals surface area (Å²) >= 11 is 0. The molecule has 0 aromatic rings. The maximum absolute atomic E-state index is 7.88. The fourth-order valence-corrected chi connectivity index (χ4v) is 4.60. The van der Waals surface area contributed by atoms with E-state index in [1.165, 1.54) is 89.9 Å². The van der Waals surface area contributed by atoms with Crippen molar-refractivity contribution in [2.24, 2.45) is 17.3 Å². The Hall–Kier alpha value is -0.420. The molecule has 0 aliphatic heterocycles. The van der Waals surface area contributed by atoms with Crippen LogP contribution in [0.15, 0.2) is 11.6 Å². The highest BCUT2D eigenvalue weighted by Crippen LogP contribution is 2.47. The van der Waals surface area contributed by atoms with Crippen LogP contribution in [0.2, 0.25) is 0 Å². The summed E-state index contributed by atoms with van der Waals surface area (Å²) in [5, 5.41) is 7.88. The highest BCUT2D eigenvalue weighted by atomic mass is 16.2. The van der Waals surface area contributed by atoms with Crippen LogP contribution in [0.25, 0.3) is 0 Å². The lowest BCUT2D eigenvalue weighted by atomic mass is 9.61. The van der Waals surface area contributed by atoms with Gasteiger partial charge in [0.15, 0.2) is 0 Å². The zero-order valence-corrected chi connectivity index (χ0v) is 26.2. The SMILES string of the molecule is CC.CC1=CCC(C2CCCCC2(C)C)CC1.CCC.CCCCCCCC.CCCO.N.O.O. The lowest BCUT2D eigenvalue weighted by Gasteiger charge is -2.44. The van der Waals surface area contributed by atoms with E-state index >= 15 is 0 Å². The molecule has 2 atom stereocenters. The van der Waals surface area contributed by atoms with Gasteiger partial charge in [0, 0.05) is 6.61 Å². The molecule has 0 bridgehead atoms. The van der Waals surface area contributed by atoms with Gasteiger partial charge in [-0.15, -0.1) is 0 Å². The Bertz CT molecular complexity index is 375. The first-order valence-corrected chi connectivity index (χ1v) is 14.6. The fraction of sp³-hybridized carbons (Fsp3) is 0.935. The zero-order chi connectivity index (χ0) is 25.3. The Morgan fingerprint density at radius 3 is 1.60 bits per heavy atom. The lowest BCUT2D eigenvalue weighted by molar-refractivity contribution is 0.0754. The minimum atomic E-state index is 0. The molecule has 8 N–H and O–H groups in total. The molecule has 0 aromatic heterocycles. The van der Waals surface area contributed by atoms with E-state index in [4.69, 9.17) is 5.11 Å². The summed E-state index contributed by atoms with van der Waals surface area (Å²) in [5.74, 6) is 1.99. The number of aliphatic hydroxyl groups excluding tert-OH is 1. The van der Waals surface area contributed by atoms with E-state index < -0.39 is 0 Å². The predicted molar refractivity (Wildman–Crippen MR) is 163 cm³/mol. The molecule has 0 radical (unpaired) electrons. The van der Waals surface area contributed by atoms with E-state index in [0.29, 0.717) is 12.0 Å². The molecule has 0 spiro atoms. The largest absolute Gasteiger partial charge is 0.412 e. The maximum Gasteiger partial charge on any atom is 0.0428 e. The standard InChI is InChI=1S/C15H26.C8H18.C3H8O.C3H8.C2H6.H3N.2H2O/c1-12-7-9-13(10-8-12)14-6-4-5-11-15(14,2)3;1-3-5-7-8-6-4-2;1-2-3-4;1-3-2;1-2;;;/h7,13-14H,4-6,8-11H2,1-3H3;3-8H2,1-2H3;4H,2-3H2,1H3;3H2,1-2H3;1-2H3;1H3;2*1H2. The highest BCUT2D eigenvalue weighted by Gasteiger charge is 2.37. The van der Waals surface area contributed by atoms with Crippen molar-refractivity contribution in [1.29, 1.82) is 0 Å². The van der Waals surface area contributed by atoms with Gasteiger partial charge in [-0.05, 0) is 62.7 Å². The molecule has 2 aliphatic carbocycles. The van der Waals surface area contributed by atoms with Crippen molar-refractivity contribution in [1.82, 2.24) is 6.15 Å². The van der Waals surface area contributed by atoms with Crippen molar-refractivity contribution >= 4 is 0 Å². The molecule has 1 fully saturated rings. The molecule has 0 amide bonds. The predicted octanol–water partition coefficient (Wildman–Crippen LogP) is 9.66. The van der Waals surface area contributed by atoms with Crippen LogP contribution < -0.4 is 6.15 Å². The van der Waals surface area contributed by atoms with E-state index in [-0.39, 0.29) is 17.1 Å². The molecular weight excluding hydrogens is 434 g/mol. The second-order valence-electron chi connectivity index (χ2n) is 10.3. The smallest absolute Gasteiger partial charge is 0.0428 e. The summed E-state index contributed by atoms with van der Waals surface area (Å²) in [6, 6.07) is 0. The first-order chi connectivity index (χ1) is 15.3. The monoisotopic (exact) mass is 508 g/mol. The Morgan fingerprint density at radius 1 is 0.829 bits per heavy atom. The van der Waals surface area contributed by atoms with Gasteiger partial charge >= 0.3 is 0 Å². The van der Waals surface area contributed by atoms with Crippen molar-refractivity contribution in [3.8, 4) is 0 Å². The Balaban J connectivity index is -0.0000000905. The van der Waals surface area contributed by atoms with Crippen LogP contribution in [0.1, 0.15) is 166 Å². The summed E-state index contributed by atoms with van der Waals surface area (Å²) in [7, 11) is 0. The van der Waals surface area contributed by atoms with E-state index in [0.717, 1.165) is 18.3 Å². The van der Waals surface area contributed by atoms with Crippen molar-refractivity contribution in [3.63, 3.8) is 0 Å². The highest BCUT2D eigenvalue weighted by molar-refractivity contribution is 5.05. The molecule has 0 aromatic carbocycles. The third-order valence-corrected chi connectivity index (χ3v) is 6.52. The van der Waals surface area contributed by atoms with Gasteiger partial charge < -0.3 is 22.2 Å². The van der Waals surface area contributed by atoms with Crippen LogP contribution in [0, 0.1) is 17.3 Å². The molecule has 1 saturated carbocycles. The van der Waals surface area contributed by atoms with E-state index in [9.17, 15) is 0 Å². The molecule has 2 aliphatic rings. The second-order valence-corrected chi connectivity index (χ2v) is 10.3.